The number of carbonyl (C=O) groups is 2. The number of carbonyl (C=O) groups excluding carboxylic acids is 2. The van der Waals surface area contributed by atoms with E-state index >= 15 is 0 Å². The van der Waals surface area contributed by atoms with Gasteiger partial charge in [0.15, 0.2) is 18.9 Å². The number of pyridine rings is 1. The Morgan fingerprint density at radius 1 is 0.636 bits per heavy atom. The molecule has 216 valence electrons. The summed E-state index contributed by atoms with van der Waals surface area (Å²) in [5.74, 6) is 0. The van der Waals surface area contributed by atoms with Gasteiger partial charge in [-0.15, -0.1) is 0 Å². The molecule has 0 saturated carbocycles. The van der Waals surface area contributed by atoms with Gasteiger partial charge in [-0.2, -0.15) is 0 Å². The van der Waals surface area contributed by atoms with Crippen LogP contribution < -0.4 is 4.57 Å². The van der Waals surface area contributed by atoms with E-state index in [0.29, 0.717) is 17.2 Å². The number of hydrogen-bond donors (Lipinski definition) is 0. The number of fused-ring (bicyclic) bond motifs is 1. The first-order valence-corrected chi connectivity index (χ1v) is 14.6. The minimum Gasteiger partial charge on any atom is -0.370 e. The van der Waals surface area contributed by atoms with Crippen molar-refractivity contribution in [1.82, 2.24) is 4.90 Å². The molecule has 0 bridgehead atoms. The minimum absolute atomic E-state index is 0.317. The summed E-state index contributed by atoms with van der Waals surface area (Å²) in [6, 6.07) is 30.0. The second kappa shape index (κ2) is 15.0. The molecule has 2 aliphatic rings. The number of likely N-dealkylation sites (N-methyl/N-ethyl adjacent to an activating group) is 1. The summed E-state index contributed by atoms with van der Waals surface area (Å²) in [7, 11) is 2.09. The summed E-state index contributed by atoms with van der Waals surface area (Å²) in [6.07, 6.45) is 27.0. The molecule has 4 nitrogen and oxygen atoms in total. The van der Waals surface area contributed by atoms with Crippen LogP contribution in [0, 0.1) is 0 Å². The molecule has 1 unspecified atom stereocenters. The zero-order valence-corrected chi connectivity index (χ0v) is 24.7. The molecule has 0 saturated heterocycles. The van der Waals surface area contributed by atoms with Crippen LogP contribution in [0.3, 0.4) is 0 Å². The van der Waals surface area contributed by atoms with Crippen LogP contribution in [0.25, 0.3) is 18.2 Å². The maximum absolute atomic E-state index is 10.7. The van der Waals surface area contributed by atoms with E-state index in [-0.39, 0.29) is 0 Å². The van der Waals surface area contributed by atoms with Gasteiger partial charge in [0.1, 0.15) is 12.6 Å². The van der Waals surface area contributed by atoms with Crippen molar-refractivity contribution in [3.8, 4) is 0 Å². The van der Waals surface area contributed by atoms with Gasteiger partial charge < -0.3 is 4.90 Å². The molecule has 44 heavy (non-hydrogen) atoms. The molecular formula is C40H35N2O2+. The van der Waals surface area contributed by atoms with Crippen LogP contribution in [0.2, 0.25) is 0 Å². The molecule has 1 aliphatic carbocycles. The molecule has 0 amide bonds. The van der Waals surface area contributed by atoms with Crippen LogP contribution >= 0.6 is 0 Å². The van der Waals surface area contributed by atoms with E-state index in [1.807, 2.05) is 60.7 Å². The predicted molar refractivity (Wildman–Crippen MR) is 180 cm³/mol. The molecule has 0 spiro atoms. The molecule has 4 aromatic rings. The Hall–Kier alpha value is -5.61. The predicted octanol–water partition coefficient (Wildman–Crippen LogP) is 7.77. The summed E-state index contributed by atoms with van der Waals surface area (Å²) in [5.41, 5.74) is 8.54. The highest BCUT2D eigenvalue weighted by atomic mass is 16.1. The van der Waals surface area contributed by atoms with Gasteiger partial charge in [-0.3, -0.25) is 9.59 Å². The van der Waals surface area contributed by atoms with Gasteiger partial charge in [0.25, 0.3) is 0 Å². The maximum atomic E-state index is 10.7. The summed E-state index contributed by atoms with van der Waals surface area (Å²) in [4.78, 5) is 23.5. The highest BCUT2D eigenvalue weighted by Crippen LogP contribution is 2.26. The van der Waals surface area contributed by atoms with E-state index in [1.165, 1.54) is 16.7 Å². The topological polar surface area (TPSA) is 41.3 Å². The Bertz CT molecular complexity index is 1740. The Kier molecular flexibility index (Phi) is 10.2. The fourth-order valence-corrected chi connectivity index (χ4v) is 4.92. The van der Waals surface area contributed by atoms with Crippen LogP contribution in [-0.4, -0.2) is 30.6 Å². The minimum atomic E-state index is 0.317. The largest absolute Gasteiger partial charge is 0.370 e. The number of hydrogen-bond acceptors (Lipinski definition) is 3. The Labute approximate surface area is 259 Å². The summed E-state index contributed by atoms with van der Waals surface area (Å²) < 4.78 is 2.16. The zero-order valence-electron chi connectivity index (χ0n) is 24.7. The third-order valence-corrected chi connectivity index (χ3v) is 7.45. The van der Waals surface area contributed by atoms with E-state index in [4.69, 9.17) is 0 Å². The molecule has 1 aromatic heterocycles. The zero-order chi connectivity index (χ0) is 30.6. The number of allylic oxidation sites excluding steroid dienone is 5. The van der Waals surface area contributed by atoms with Gasteiger partial charge in [0.2, 0.25) is 0 Å². The second-order valence-electron chi connectivity index (χ2n) is 10.6. The van der Waals surface area contributed by atoms with Gasteiger partial charge >= 0.3 is 0 Å². The highest BCUT2D eigenvalue weighted by Gasteiger charge is 2.19. The fraction of sp³-hybridized carbons (Fsp3) is 0.0750. The van der Waals surface area contributed by atoms with Crippen molar-refractivity contribution in [2.24, 2.45) is 0 Å². The Morgan fingerprint density at radius 3 is 1.77 bits per heavy atom. The van der Waals surface area contributed by atoms with E-state index in [2.05, 4.69) is 120 Å². The van der Waals surface area contributed by atoms with Crippen LogP contribution in [0.5, 0.6) is 0 Å². The Balaban J connectivity index is 0.000000175. The van der Waals surface area contributed by atoms with Crippen molar-refractivity contribution in [2.75, 3.05) is 7.05 Å². The quantitative estimate of drug-likeness (QED) is 0.159. The lowest BCUT2D eigenvalue weighted by atomic mass is 9.92. The van der Waals surface area contributed by atoms with E-state index < -0.39 is 0 Å². The van der Waals surface area contributed by atoms with Crippen molar-refractivity contribution >= 4 is 30.8 Å². The average molecular weight is 576 g/mol. The molecule has 0 fully saturated rings. The third-order valence-electron chi connectivity index (χ3n) is 7.45. The molecule has 4 heteroatoms. The van der Waals surface area contributed by atoms with Gasteiger partial charge in [-0.1, -0.05) is 127 Å². The standard InChI is InChI=1S/C21H18NO.C19H17NO/c23-17-21-10-8-18(9-11-21)6-7-19-12-14-22(15-13-19)16-20-4-2-1-3-5-20;1-20-13-12-17(18-4-2-3-5-19(18)20)11-10-15-6-8-16(14-21)9-7-15/h1-15,17H,16H2;2-14,19H,1H3/q+1;. The smallest absolute Gasteiger partial charge is 0.173 e. The second-order valence-corrected chi connectivity index (χ2v) is 10.6. The maximum Gasteiger partial charge on any atom is 0.173 e. The average Bonchev–Trinajstić information content (AvgIpc) is 3.09. The SMILES string of the molecule is CN1C=CC(C=Cc2ccc(C=O)cc2)=C2C=CC=CC21.O=Cc1ccc(C=Cc2cc[n+](Cc3ccccc3)cc2)cc1. The van der Waals surface area contributed by atoms with Crippen LogP contribution in [0.4, 0.5) is 0 Å². The van der Waals surface area contributed by atoms with Crippen molar-refractivity contribution in [1.29, 1.82) is 0 Å². The van der Waals surface area contributed by atoms with Crippen LogP contribution in [-0.2, 0) is 6.54 Å². The molecule has 1 aliphatic heterocycles. The van der Waals surface area contributed by atoms with Crippen molar-refractivity contribution in [2.45, 2.75) is 12.6 Å². The normalized spacial score (nSPS) is 15.3. The summed E-state index contributed by atoms with van der Waals surface area (Å²) in [5, 5.41) is 0. The third kappa shape index (κ3) is 8.24. The molecule has 2 heterocycles. The first kappa shape index (κ1) is 29.9. The first-order chi connectivity index (χ1) is 21.6. The van der Waals surface area contributed by atoms with E-state index in [9.17, 15) is 9.59 Å². The molecule has 3 aromatic carbocycles. The highest BCUT2D eigenvalue weighted by molar-refractivity contribution is 5.77. The number of nitrogens with zero attached hydrogens (tertiary/aromatic N) is 2. The number of aromatic nitrogens is 1. The molecule has 6 rings (SSSR count). The lowest BCUT2D eigenvalue weighted by molar-refractivity contribution is -0.688. The van der Waals surface area contributed by atoms with Crippen LogP contribution in [0.1, 0.15) is 43.0 Å². The first-order valence-electron chi connectivity index (χ1n) is 14.6. The summed E-state index contributed by atoms with van der Waals surface area (Å²) in [6.45, 7) is 0.873. The fourth-order valence-electron chi connectivity index (χ4n) is 4.92. The van der Waals surface area contributed by atoms with Crippen molar-refractivity contribution in [3.05, 3.63) is 191 Å². The van der Waals surface area contributed by atoms with Gasteiger partial charge in [-0.05, 0) is 33.9 Å². The number of benzene rings is 3. The van der Waals surface area contributed by atoms with Crippen LogP contribution in [0.15, 0.2) is 157 Å². The lowest BCUT2D eigenvalue weighted by Gasteiger charge is -2.31. The Morgan fingerprint density at radius 2 is 1.18 bits per heavy atom. The van der Waals surface area contributed by atoms with Crippen molar-refractivity contribution < 1.29 is 14.2 Å². The molecular weight excluding hydrogens is 540 g/mol. The monoisotopic (exact) mass is 575 g/mol. The summed E-state index contributed by atoms with van der Waals surface area (Å²) >= 11 is 0. The molecule has 1 atom stereocenters. The van der Waals surface area contributed by atoms with E-state index in [0.717, 1.165) is 35.8 Å². The van der Waals surface area contributed by atoms with E-state index in [1.54, 1.807) is 0 Å². The molecule has 0 N–H and O–H groups in total. The van der Waals surface area contributed by atoms with Gasteiger partial charge in [0.05, 0.1) is 6.04 Å². The van der Waals surface area contributed by atoms with Crippen molar-refractivity contribution in [3.63, 3.8) is 0 Å². The molecule has 0 radical (unpaired) electrons. The number of rotatable bonds is 8. The van der Waals surface area contributed by atoms with Gasteiger partial charge in [0, 0.05) is 42.1 Å². The number of aldehydes is 2. The lowest BCUT2D eigenvalue weighted by Crippen LogP contribution is -2.32. The van der Waals surface area contributed by atoms with Gasteiger partial charge in [-0.25, -0.2) is 4.57 Å².